The zero-order valence-corrected chi connectivity index (χ0v) is 17.5. The van der Waals surface area contributed by atoms with Crippen LogP contribution in [0, 0.1) is 24.2 Å². The number of nitrogens with one attached hydrogen (secondary N) is 1. The number of aromatic nitrogens is 3. The van der Waals surface area contributed by atoms with Crippen LogP contribution in [0.1, 0.15) is 27.9 Å². The molecule has 8 nitrogen and oxygen atoms in total. The quantitative estimate of drug-likeness (QED) is 0.662. The predicted molar refractivity (Wildman–Crippen MR) is 116 cm³/mol. The summed E-state index contributed by atoms with van der Waals surface area (Å²) in [4.78, 5) is 19.0. The molecular formula is C23H24N6O2. The summed E-state index contributed by atoms with van der Waals surface area (Å²) in [6.07, 6.45) is 4.14. The van der Waals surface area contributed by atoms with E-state index in [1.165, 1.54) is 10.9 Å². The van der Waals surface area contributed by atoms with E-state index in [-0.39, 0.29) is 11.8 Å². The zero-order chi connectivity index (χ0) is 22.0. The van der Waals surface area contributed by atoms with Crippen LogP contribution in [0.15, 0.2) is 42.7 Å². The van der Waals surface area contributed by atoms with Crippen LogP contribution in [0.2, 0.25) is 0 Å². The van der Waals surface area contributed by atoms with Crippen molar-refractivity contribution in [3.05, 3.63) is 59.4 Å². The number of hydrogen-bond acceptors (Lipinski definition) is 6. The highest BCUT2D eigenvalue weighted by molar-refractivity contribution is 5.93. The number of amides is 1. The molecule has 3 heterocycles. The number of carbonyl (C=O) groups excluding carboxylic acids is 1. The second-order valence-corrected chi connectivity index (χ2v) is 7.97. The van der Waals surface area contributed by atoms with Crippen LogP contribution >= 0.6 is 0 Å². The summed E-state index contributed by atoms with van der Waals surface area (Å²) in [5, 5.41) is 27.0. The first-order valence-corrected chi connectivity index (χ1v) is 10.2. The van der Waals surface area contributed by atoms with Crippen LogP contribution in [-0.2, 0) is 0 Å². The van der Waals surface area contributed by atoms with Crippen LogP contribution in [0.4, 0.5) is 0 Å². The number of nitrogens with zero attached hydrogens (tertiary/aromatic N) is 5. The molecule has 3 aromatic rings. The zero-order valence-electron chi connectivity index (χ0n) is 17.5. The van der Waals surface area contributed by atoms with Gasteiger partial charge in [-0.05, 0) is 68.2 Å². The standard InChI is InChI=1S/C23H24N6O2/c1-15-9-16(10-24)3-5-19(15)20-13-27-29(23(20)31)21-6-4-18(12-25-21)22(30)26-11-17-7-8-28(2)14-17/h3-6,9,12-13,17,31H,7-8,11,14H2,1-2H3,(H,26,30). The van der Waals surface area contributed by atoms with Crippen molar-refractivity contribution in [1.82, 2.24) is 25.0 Å². The van der Waals surface area contributed by atoms with Crippen molar-refractivity contribution in [3.8, 4) is 28.9 Å². The van der Waals surface area contributed by atoms with Crippen molar-refractivity contribution < 1.29 is 9.90 Å². The Labute approximate surface area is 180 Å². The van der Waals surface area contributed by atoms with Gasteiger partial charge in [0.25, 0.3) is 5.91 Å². The number of nitriles is 1. The van der Waals surface area contributed by atoms with Gasteiger partial charge in [-0.2, -0.15) is 15.0 Å². The van der Waals surface area contributed by atoms with Gasteiger partial charge in [0.15, 0.2) is 5.82 Å². The Kier molecular flexibility index (Phi) is 5.69. The van der Waals surface area contributed by atoms with Gasteiger partial charge >= 0.3 is 0 Å². The third-order valence-corrected chi connectivity index (χ3v) is 5.66. The van der Waals surface area contributed by atoms with Gasteiger partial charge in [-0.25, -0.2) is 4.98 Å². The van der Waals surface area contributed by atoms with Crippen molar-refractivity contribution in [1.29, 1.82) is 5.26 Å². The van der Waals surface area contributed by atoms with Gasteiger partial charge in [-0.1, -0.05) is 6.07 Å². The molecule has 0 spiro atoms. The second kappa shape index (κ2) is 8.58. The van der Waals surface area contributed by atoms with E-state index in [9.17, 15) is 9.90 Å². The molecule has 1 aliphatic heterocycles. The number of hydrogen-bond donors (Lipinski definition) is 2. The highest BCUT2D eigenvalue weighted by Gasteiger charge is 2.20. The lowest BCUT2D eigenvalue weighted by Gasteiger charge is -2.12. The second-order valence-electron chi connectivity index (χ2n) is 7.97. The molecule has 8 heteroatoms. The Balaban J connectivity index is 1.48. The molecule has 2 aromatic heterocycles. The molecule has 1 saturated heterocycles. The highest BCUT2D eigenvalue weighted by atomic mass is 16.3. The van der Waals surface area contributed by atoms with Gasteiger partial charge in [0.2, 0.25) is 5.88 Å². The molecule has 4 rings (SSSR count). The molecule has 1 aliphatic rings. The first kappa shape index (κ1) is 20.6. The summed E-state index contributed by atoms with van der Waals surface area (Å²) in [6.45, 7) is 4.59. The van der Waals surface area contributed by atoms with Gasteiger partial charge in [-0.15, -0.1) is 0 Å². The SMILES string of the molecule is Cc1cc(C#N)ccc1-c1cnn(-c2ccc(C(=O)NCC3CCN(C)C3)cn2)c1O. The van der Waals surface area contributed by atoms with Crippen LogP contribution in [0.3, 0.4) is 0 Å². The van der Waals surface area contributed by atoms with Crippen molar-refractivity contribution in [2.75, 3.05) is 26.7 Å². The summed E-state index contributed by atoms with van der Waals surface area (Å²) in [6, 6.07) is 10.7. The molecule has 158 valence electrons. The highest BCUT2D eigenvalue weighted by Crippen LogP contribution is 2.33. The van der Waals surface area contributed by atoms with E-state index in [4.69, 9.17) is 5.26 Å². The molecule has 31 heavy (non-hydrogen) atoms. The maximum Gasteiger partial charge on any atom is 0.252 e. The largest absolute Gasteiger partial charge is 0.493 e. The summed E-state index contributed by atoms with van der Waals surface area (Å²) in [5.41, 5.74) is 3.22. The minimum atomic E-state index is -0.160. The molecular weight excluding hydrogens is 392 g/mol. The first-order valence-electron chi connectivity index (χ1n) is 10.2. The fourth-order valence-electron chi connectivity index (χ4n) is 3.91. The smallest absolute Gasteiger partial charge is 0.252 e. The van der Waals surface area contributed by atoms with Crippen LogP contribution in [0.5, 0.6) is 5.88 Å². The minimum Gasteiger partial charge on any atom is -0.493 e. The van der Waals surface area contributed by atoms with Crippen molar-refractivity contribution >= 4 is 5.91 Å². The monoisotopic (exact) mass is 416 g/mol. The molecule has 1 atom stereocenters. The van der Waals surface area contributed by atoms with E-state index in [1.54, 1.807) is 36.5 Å². The molecule has 0 radical (unpaired) electrons. The molecule has 0 saturated carbocycles. The Hall–Kier alpha value is -3.70. The van der Waals surface area contributed by atoms with Crippen molar-refractivity contribution in [2.45, 2.75) is 13.3 Å². The fraction of sp³-hybridized carbons (Fsp3) is 0.304. The Morgan fingerprint density at radius 1 is 1.29 bits per heavy atom. The molecule has 1 amide bonds. The summed E-state index contributed by atoms with van der Waals surface area (Å²) in [7, 11) is 2.09. The Morgan fingerprint density at radius 3 is 2.77 bits per heavy atom. The van der Waals surface area contributed by atoms with Crippen LogP contribution in [0.25, 0.3) is 16.9 Å². The Morgan fingerprint density at radius 2 is 2.13 bits per heavy atom. The van der Waals surface area contributed by atoms with Crippen molar-refractivity contribution in [3.63, 3.8) is 0 Å². The lowest BCUT2D eigenvalue weighted by atomic mass is 10.0. The summed E-state index contributed by atoms with van der Waals surface area (Å²) >= 11 is 0. The number of likely N-dealkylation sites (tertiary alicyclic amines) is 1. The third-order valence-electron chi connectivity index (χ3n) is 5.66. The number of aromatic hydroxyl groups is 1. The normalized spacial score (nSPS) is 16.2. The van der Waals surface area contributed by atoms with Gasteiger partial charge in [0.05, 0.1) is 29.0 Å². The summed E-state index contributed by atoms with van der Waals surface area (Å²) < 4.78 is 1.32. The molecule has 0 aliphatic carbocycles. The average molecular weight is 416 g/mol. The van der Waals surface area contributed by atoms with E-state index in [2.05, 4.69) is 33.4 Å². The lowest BCUT2D eigenvalue weighted by molar-refractivity contribution is 0.0947. The van der Waals surface area contributed by atoms with E-state index >= 15 is 0 Å². The van der Waals surface area contributed by atoms with Gasteiger partial charge in [0.1, 0.15) is 0 Å². The summed E-state index contributed by atoms with van der Waals surface area (Å²) in [5.74, 6) is 0.672. The molecule has 0 bridgehead atoms. The number of benzene rings is 1. The van der Waals surface area contributed by atoms with Crippen molar-refractivity contribution in [2.24, 2.45) is 5.92 Å². The third kappa shape index (κ3) is 4.27. The van der Waals surface area contributed by atoms with E-state index in [0.29, 0.717) is 35.0 Å². The van der Waals surface area contributed by atoms with Crippen LogP contribution in [-0.4, -0.2) is 57.4 Å². The maximum absolute atomic E-state index is 12.4. The molecule has 1 unspecified atom stereocenters. The number of rotatable bonds is 5. The molecule has 1 fully saturated rings. The number of pyridine rings is 1. The van der Waals surface area contributed by atoms with Gasteiger partial charge < -0.3 is 15.3 Å². The van der Waals surface area contributed by atoms with Gasteiger partial charge in [-0.3, -0.25) is 4.79 Å². The average Bonchev–Trinajstić information content (AvgIpc) is 3.37. The topological polar surface area (TPSA) is 107 Å². The minimum absolute atomic E-state index is 0.0529. The number of aryl methyl sites for hydroxylation is 1. The molecule has 2 N–H and O–H groups in total. The Bertz CT molecular complexity index is 1150. The van der Waals surface area contributed by atoms with Crippen LogP contribution < -0.4 is 5.32 Å². The van der Waals surface area contributed by atoms with Gasteiger partial charge in [0, 0.05) is 19.3 Å². The lowest BCUT2D eigenvalue weighted by Crippen LogP contribution is -2.30. The van der Waals surface area contributed by atoms with E-state index < -0.39 is 0 Å². The predicted octanol–water partition coefficient (Wildman–Crippen LogP) is 2.50. The first-order chi connectivity index (χ1) is 15.0. The van der Waals surface area contributed by atoms with E-state index in [1.807, 2.05) is 6.92 Å². The number of carbonyl (C=O) groups is 1. The fourth-order valence-corrected chi connectivity index (χ4v) is 3.91. The molecule has 1 aromatic carbocycles. The maximum atomic E-state index is 12.4. The van der Waals surface area contributed by atoms with E-state index in [0.717, 1.165) is 30.6 Å².